The van der Waals surface area contributed by atoms with Crippen molar-refractivity contribution in [2.75, 3.05) is 25.1 Å². The van der Waals surface area contributed by atoms with Crippen molar-refractivity contribution in [1.82, 2.24) is 10.3 Å². The summed E-state index contributed by atoms with van der Waals surface area (Å²) in [6, 6.07) is 3.14. The topological polar surface area (TPSA) is 101 Å². The molecule has 0 spiro atoms. The molecule has 2 heterocycles. The fraction of sp³-hybridized carbons (Fsp3) is 0.696. The second kappa shape index (κ2) is 11.5. The molecule has 1 aromatic rings. The van der Waals surface area contributed by atoms with E-state index in [4.69, 9.17) is 4.74 Å². The second-order valence-electron chi connectivity index (χ2n) is 8.73. The molecule has 0 radical (unpaired) electrons. The van der Waals surface area contributed by atoms with Gasteiger partial charge in [-0.3, -0.25) is 4.79 Å². The molecule has 32 heavy (non-hydrogen) atoms. The van der Waals surface area contributed by atoms with Gasteiger partial charge in [0.25, 0.3) is 0 Å². The summed E-state index contributed by atoms with van der Waals surface area (Å²) in [6.45, 7) is 1.67. The summed E-state index contributed by atoms with van der Waals surface area (Å²) in [7, 11) is 0. The predicted molar refractivity (Wildman–Crippen MR) is 116 cm³/mol. The zero-order valence-corrected chi connectivity index (χ0v) is 18.4. The Hall–Kier alpha value is -2.29. The van der Waals surface area contributed by atoms with Gasteiger partial charge in [-0.25, -0.2) is 18.6 Å². The molecule has 2 aliphatic rings. The Morgan fingerprint density at radius 3 is 2.78 bits per heavy atom. The highest BCUT2D eigenvalue weighted by atomic mass is 19.3. The maximum Gasteiger partial charge on any atom is 0.326 e. The lowest BCUT2D eigenvalue weighted by atomic mass is 9.86. The van der Waals surface area contributed by atoms with Gasteiger partial charge in [-0.2, -0.15) is 0 Å². The number of halogens is 2. The Balaban J connectivity index is 1.29. The number of unbranched alkanes of at least 4 members (excludes halogenated alkanes) is 1. The average Bonchev–Trinajstić information content (AvgIpc) is 2.77. The van der Waals surface area contributed by atoms with E-state index in [1.54, 1.807) is 0 Å². The number of pyridine rings is 1. The average molecular weight is 454 g/mol. The number of carbonyl (C=O) groups excluding carboxylic acids is 1. The third-order valence-corrected chi connectivity index (χ3v) is 6.18. The Morgan fingerprint density at radius 1 is 1.25 bits per heavy atom. The molecule has 0 bridgehead atoms. The first-order chi connectivity index (χ1) is 15.3. The van der Waals surface area contributed by atoms with E-state index in [2.05, 4.69) is 27.8 Å². The van der Waals surface area contributed by atoms with Crippen LogP contribution in [0.15, 0.2) is 12.1 Å². The van der Waals surface area contributed by atoms with E-state index in [1.165, 1.54) is 5.56 Å². The zero-order chi connectivity index (χ0) is 23.0. The molecule has 1 saturated carbocycles. The maximum absolute atomic E-state index is 13.2. The molecule has 1 aliphatic carbocycles. The SMILES string of the molecule is O=C(N[C@@H](CCOCCCCc1ccc2c(n1)NCCC2)C(=O)O)C1CCC(F)(F)CC1. The number of fused-ring (bicyclic) bond motifs is 1. The van der Waals surface area contributed by atoms with Gasteiger partial charge in [0.1, 0.15) is 11.9 Å². The summed E-state index contributed by atoms with van der Waals surface area (Å²) in [5.74, 6) is -3.88. The fourth-order valence-electron chi connectivity index (χ4n) is 4.17. The van der Waals surface area contributed by atoms with Crippen LogP contribution in [0, 0.1) is 5.92 Å². The first kappa shape index (κ1) is 24.4. The van der Waals surface area contributed by atoms with Gasteiger partial charge in [0.05, 0.1) is 0 Å². The standard InChI is InChI=1S/C23H33F2N3O4/c24-23(25)11-8-17(9-12-23)21(29)28-19(22(30)31)10-15-32-14-2-1-5-18-7-6-16-4-3-13-26-20(16)27-18/h6-7,17,19H,1-5,8-15H2,(H,26,27)(H,28,29)(H,30,31)/t19-/m0/s1. The lowest BCUT2D eigenvalue weighted by Crippen LogP contribution is -2.45. The third kappa shape index (κ3) is 7.39. The molecule has 0 unspecified atom stereocenters. The van der Waals surface area contributed by atoms with Crippen LogP contribution in [0.3, 0.4) is 0 Å². The molecule has 7 nitrogen and oxygen atoms in total. The quantitative estimate of drug-likeness (QED) is 0.443. The van der Waals surface area contributed by atoms with Crippen LogP contribution in [0.4, 0.5) is 14.6 Å². The monoisotopic (exact) mass is 453 g/mol. The number of carboxylic acids is 1. The minimum Gasteiger partial charge on any atom is -0.480 e. The smallest absolute Gasteiger partial charge is 0.326 e. The van der Waals surface area contributed by atoms with E-state index in [0.29, 0.717) is 6.61 Å². The van der Waals surface area contributed by atoms with Crippen LogP contribution >= 0.6 is 0 Å². The normalized spacial score (nSPS) is 18.9. The van der Waals surface area contributed by atoms with E-state index in [-0.39, 0.29) is 38.7 Å². The van der Waals surface area contributed by atoms with Gasteiger partial charge in [0, 0.05) is 50.6 Å². The second-order valence-corrected chi connectivity index (χ2v) is 8.73. The number of hydrogen-bond donors (Lipinski definition) is 3. The molecule has 9 heteroatoms. The van der Waals surface area contributed by atoms with Crippen molar-refractivity contribution in [1.29, 1.82) is 0 Å². The van der Waals surface area contributed by atoms with Gasteiger partial charge < -0.3 is 20.5 Å². The van der Waals surface area contributed by atoms with Gasteiger partial charge in [0.2, 0.25) is 11.8 Å². The molecule has 3 N–H and O–H groups in total. The summed E-state index contributed by atoms with van der Waals surface area (Å²) < 4.78 is 32.0. The molecule has 1 aliphatic heterocycles. The number of amides is 1. The number of hydrogen-bond acceptors (Lipinski definition) is 5. The molecule has 1 fully saturated rings. The number of rotatable bonds is 11. The molecule has 1 amide bonds. The first-order valence-electron chi connectivity index (χ1n) is 11.6. The molecular weight excluding hydrogens is 420 g/mol. The van der Waals surface area contributed by atoms with Crippen LogP contribution in [0.2, 0.25) is 0 Å². The summed E-state index contributed by atoms with van der Waals surface area (Å²) in [5.41, 5.74) is 2.32. The van der Waals surface area contributed by atoms with Crippen LogP contribution in [0.1, 0.15) is 62.6 Å². The molecule has 1 atom stereocenters. The highest BCUT2D eigenvalue weighted by Crippen LogP contribution is 2.36. The highest BCUT2D eigenvalue weighted by molar-refractivity contribution is 5.85. The highest BCUT2D eigenvalue weighted by Gasteiger charge is 2.38. The van der Waals surface area contributed by atoms with Gasteiger partial charge in [-0.1, -0.05) is 6.07 Å². The van der Waals surface area contributed by atoms with E-state index in [1.807, 2.05) is 0 Å². The van der Waals surface area contributed by atoms with E-state index >= 15 is 0 Å². The number of ether oxygens (including phenoxy) is 1. The predicted octanol–water partition coefficient (Wildman–Crippen LogP) is 3.56. The number of anilines is 1. The number of nitrogens with one attached hydrogen (secondary N) is 2. The molecular formula is C23H33F2N3O4. The van der Waals surface area contributed by atoms with Crippen molar-refractivity contribution in [3.8, 4) is 0 Å². The number of alkyl halides is 2. The number of aromatic nitrogens is 1. The van der Waals surface area contributed by atoms with Gasteiger partial charge >= 0.3 is 5.97 Å². The number of nitrogens with zero attached hydrogens (tertiary/aromatic N) is 1. The lowest BCUT2D eigenvalue weighted by Gasteiger charge is -2.28. The van der Waals surface area contributed by atoms with Crippen molar-refractivity contribution in [3.63, 3.8) is 0 Å². The molecule has 178 valence electrons. The molecule has 0 saturated heterocycles. The Kier molecular flexibility index (Phi) is 8.78. The van der Waals surface area contributed by atoms with Crippen molar-refractivity contribution >= 4 is 17.7 Å². The first-order valence-corrected chi connectivity index (χ1v) is 11.6. The Bertz CT molecular complexity index is 781. The number of aliphatic carboxylic acids is 1. The largest absolute Gasteiger partial charge is 0.480 e. The summed E-state index contributed by atoms with van der Waals surface area (Å²) in [4.78, 5) is 28.4. The Labute approximate surface area is 187 Å². The van der Waals surface area contributed by atoms with E-state index in [0.717, 1.165) is 50.2 Å². The minimum absolute atomic E-state index is 0.0802. The van der Waals surface area contributed by atoms with Crippen molar-refractivity contribution in [2.24, 2.45) is 5.92 Å². The molecule has 3 rings (SSSR count). The van der Waals surface area contributed by atoms with Crippen LogP contribution in [0.25, 0.3) is 0 Å². The van der Waals surface area contributed by atoms with Crippen LogP contribution < -0.4 is 10.6 Å². The summed E-state index contributed by atoms with van der Waals surface area (Å²) >= 11 is 0. The van der Waals surface area contributed by atoms with Gasteiger partial charge in [-0.05, 0) is 56.6 Å². The number of aryl methyl sites for hydroxylation is 2. The van der Waals surface area contributed by atoms with Crippen LogP contribution in [-0.4, -0.2) is 53.7 Å². The van der Waals surface area contributed by atoms with Crippen molar-refractivity contribution in [3.05, 3.63) is 23.4 Å². The fourth-order valence-corrected chi connectivity index (χ4v) is 4.17. The number of carbonyl (C=O) groups is 2. The minimum atomic E-state index is -2.72. The Morgan fingerprint density at radius 2 is 2.03 bits per heavy atom. The van der Waals surface area contributed by atoms with Gasteiger partial charge in [-0.15, -0.1) is 0 Å². The van der Waals surface area contributed by atoms with Crippen molar-refractivity contribution in [2.45, 2.75) is 76.2 Å². The van der Waals surface area contributed by atoms with Crippen LogP contribution in [0.5, 0.6) is 0 Å². The molecule has 0 aromatic carbocycles. The van der Waals surface area contributed by atoms with Gasteiger partial charge in [0.15, 0.2) is 0 Å². The third-order valence-electron chi connectivity index (χ3n) is 6.18. The summed E-state index contributed by atoms with van der Waals surface area (Å²) in [6.07, 6.45) is 4.44. The number of carboxylic acid groups (broad SMARTS) is 1. The summed E-state index contributed by atoms with van der Waals surface area (Å²) in [5, 5.41) is 15.2. The zero-order valence-electron chi connectivity index (χ0n) is 18.4. The van der Waals surface area contributed by atoms with Crippen LogP contribution in [-0.2, 0) is 27.2 Å². The lowest BCUT2D eigenvalue weighted by molar-refractivity contribution is -0.144. The van der Waals surface area contributed by atoms with E-state index in [9.17, 15) is 23.5 Å². The maximum atomic E-state index is 13.2. The van der Waals surface area contributed by atoms with Crippen molar-refractivity contribution < 1.29 is 28.2 Å². The molecule has 1 aromatic heterocycles. The van der Waals surface area contributed by atoms with E-state index < -0.39 is 29.8 Å².